The van der Waals surface area contributed by atoms with E-state index < -0.39 is 11.8 Å². The van der Waals surface area contributed by atoms with Gasteiger partial charge in [-0.1, -0.05) is 25.4 Å². The molecule has 1 aromatic carbocycles. The summed E-state index contributed by atoms with van der Waals surface area (Å²) in [5.74, 6) is -0.997. The van der Waals surface area contributed by atoms with Crippen molar-refractivity contribution in [3.8, 4) is 5.75 Å². The van der Waals surface area contributed by atoms with Crippen molar-refractivity contribution < 1.29 is 14.3 Å². The number of carbonyl (C=O) groups excluding carboxylic acids is 2. The fourth-order valence-electron chi connectivity index (χ4n) is 1.90. The molecule has 0 aliphatic carbocycles. The van der Waals surface area contributed by atoms with E-state index in [0.29, 0.717) is 29.5 Å². The Labute approximate surface area is 135 Å². The number of hydrogen-bond donors (Lipinski definition) is 2. The van der Waals surface area contributed by atoms with Gasteiger partial charge in [-0.3, -0.25) is 9.59 Å². The predicted octanol–water partition coefficient (Wildman–Crippen LogP) is 1.75. The van der Waals surface area contributed by atoms with Gasteiger partial charge in [0.1, 0.15) is 5.75 Å². The molecule has 0 aliphatic rings. The third kappa shape index (κ3) is 5.54. The summed E-state index contributed by atoms with van der Waals surface area (Å²) in [6.07, 6.45) is 0. The number of methoxy groups -OCH3 is 1. The number of hydrogen-bond acceptors (Lipinski definition) is 4. The molecule has 122 valence electrons. The van der Waals surface area contributed by atoms with Crippen LogP contribution in [0.2, 0.25) is 5.02 Å². The number of likely N-dealkylation sites (N-methyl/N-ethyl adjacent to an activating group) is 1. The van der Waals surface area contributed by atoms with Crippen molar-refractivity contribution in [1.29, 1.82) is 0 Å². The second-order valence-corrected chi connectivity index (χ2v) is 5.02. The predicted molar refractivity (Wildman–Crippen MR) is 87.4 cm³/mol. The minimum Gasteiger partial charge on any atom is -0.495 e. The second kappa shape index (κ2) is 9.27. The van der Waals surface area contributed by atoms with Crippen molar-refractivity contribution in [2.45, 2.75) is 13.8 Å². The Morgan fingerprint density at radius 3 is 2.50 bits per heavy atom. The zero-order chi connectivity index (χ0) is 16.5. The fourth-order valence-corrected chi connectivity index (χ4v) is 2.08. The van der Waals surface area contributed by atoms with Gasteiger partial charge in [0.15, 0.2) is 0 Å². The normalized spacial score (nSPS) is 10.4. The number of nitrogens with one attached hydrogen (secondary N) is 2. The van der Waals surface area contributed by atoms with E-state index in [1.165, 1.54) is 13.2 Å². The molecule has 0 heterocycles. The molecule has 0 radical (unpaired) electrons. The topological polar surface area (TPSA) is 70.7 Å². The van der Waals surface area contributed by atoms with E-state index in [1.807, 2.05) is 13.8 Å². The third-order valence-corrected chi connectivity index (χ3v) is 3.46. The van der Waals surface area contributed by atoms with Crippen molar-refractivity contribution in [3.05, 3.63) is 23.2 Å². The second-order valence-electron chi connectivity index (χ2n) is 4.58. The average Bonchev–Trinajstić information content (AvgIpc) is 2.51. The Balaban J connectivity index is 2.54. The number of benzene rings is 1. The minimum atomic E-state index is -0.750. The zero-order valence-electron chi connectivity index (χ0n) is 13.1. The van der Waals surface area contributed by atoms with Crippen molar-refractivity contribution in [3.63, 3.8) is 0 Å². The summed E-state index contributed by atoms with van der Waals surface area (Å²) in [5.41, 5.74) is 0.360. The van der Waals surface area contributed by atoms with Crippen LogP contribution in [0, 0.1) is 0 Å². The van der Waals surface area contributed by atoms with Crippen molar-refractivity contribution in [1.82, 2.24) is 10.2 Å². The quantitative estimate of drug-likeness (QED) is 0.748. The van der Waals surface area contributed by atoms with Crippen LogP contribution in [-0.2, 0) is 9.59 Å². The number of amides is 2. The van der Waals surface area contributed by atoms with Crippen molar-refractivity contribution >= 4 is 29.1 Å². The van der Waals surface area contributed by atoms with E-state index in [9.17, 15) is 9.59 Å². The smallest absolute Gasteiger partial charge is 0.313 e. The lowest BCUT2D eigenvalue weighted by Crippen LogP contribution is -2.40. The Morgan fingerprint density at radius 1 is 1.23 bits per heavy atom. The summed E-state index contributed by atoms with van der Waals surface area (Å²) >= 11 is 5.87. The Morgan fingerprint density at radius 2 is 1.91 bits per heavy atom. The molecular formula is C15H22ClN3O3. The number of nitrogens with zero attached hydrogens (tertiary/aromatic N) is 1. The SMILES string of the molecule is CCN(CC)CCNC(=O)C(=O)Nc1cc(Cl)ccc1OC. The fraction of sp³-hybridized carbons (Fsp3) is 0.467. The van der Waals surface area contributed by atoms with Crippen LogP contribution in [0.25, 0.3) is 0 Å². The standard InChI is InChI=1S/C15H22ClN3O3/c1-4-19(5-2)9-8-17-14(20)15(21)18-12-10-11(16)6-7-13(12)22-3/h6-7,10H,4-5,8-9H2,1-3H3,(H,17,20)(H,18,21). The highest BCUT2D eigenvalue weighted by atomic mass is 35.5. The summed E-state index contributed by atoms with van der Waals surface area (Å²) in [5, 5.41) is 5.52. The van der Waals surface area contributed by atoms with Gasteiger partial charge < -0.3 is 20.3 Å². The molecule has 6 nitrogen and oxygen atoms in total. The van der Waals surface area contributed by atoms with E-state index in [2.05, 4.69) is 15.5 Å². The molecule has 0 aromatic heterocycles. The van der Waals surface area contributed by atoms with Crippen LogP contribution in [0.1, 0.15) is 13.8 Å². The van der Waals surface area contributed by atoms with Gasteiger partial charge in [0.05, 0.1) is 12.8 Å². The maximum absolute atomic E-state index is 11.9. The summed E-state index contributed by atoms with van der Waals surface area (Å²) < 4.78 is 5.11. The molecular weight excluding hydrogens is 306 g/mol. The van der Waals surface area contributed by atoms with Crippen LogP contribution in [0.4, 0.5) is 5.69 Å². The van der Waals surface area contributed by atoms with E-state index in [-0.39, 0.29) is 0 Å². The molecule has 2 amide bonds. The molecule has 1 aromatic rings. The van der Waals surface area contributed by atoms with Gasteiger partial charge in [-0.2, -0.15) is 0 Å². The van der Waals surface area contributed by atoms with Crippen LogP contribution in [-0.4, -0.2) is 50.0 Å². The highest BCUT2D eigenvalue weighted by Gasteiger charge is 2.16. The highest BCUT2D eigenvalue weighted by molar-refractivity contribution is 6.40. The van der Waals surface area contributed by atoms with E-state index in [4.69, 9.17) is 16.3 Å². The van der Waals surface area contributed by atoms with Gasteiger partial charge in [0.2, 0.25) is 0 Å². The monoisotopic (exact) mass is 327 g/mol. The van der Waals surface area contributed by atoms with Crippen LogP contribution in [0.3, 0.4) is 0 Å². The van der Waals surface area contributed by atoms with Crippen LogP contribution < -0.4 is 15.4 Å². The number of carbonyl (C=O) groups is 2. The molecule has 7 heteroatoms. The number of halogens is 1. The summed E-state index contributed by atoms with van der Waals surface area (Å²) in [4.78, 5) is 25.8. The van der Waals surface area contributed by atoms with E-state index >= 15 is 0 Å². The molecule has 22 heavy (non-hydrogen) atoms. The van der Waals surface area contributed by atoms with Crippen molar-refractivity contribution in [2.24, 2.45) is 0 Å². The van der Waals surface area contributed by atoms with Gasteiger partial charge in [-0.15, -0.1) is 0 Å². The van der Waals surface area contributed by atoms with Gasteiger partial charge in [0.25, 0.3) is 0 Å². The first-order valence-corrected chi connectivity index (χ1v) is 7.54. The molecule has 0 bridgehead atoms. The highest BCUT2D eigenvalue weighted by Crippen LogP contribution is 2.27. The maximum Gasteiger partial charge on any atom is 0.313 e. The van der Waals surface area contributed by atoms with Gasteiger partial charge in [-0.05, 0) is 31.3 Å². The zero-order valence-corrected chi connectivity index (χ0v) is 13.9. The van der Waals surface area contributed by atoms with Crippen LogP contribution in [0.5, 0.6) is 5.75 Å². The lowest BCUT2D eigenvalue weighted by Gasteiger charge is -2.17. The summed E-state index contributed by atoms with van der Waals surface area (Å²) in [6, 6.07) is 4.79. The molecule has 0 saturated carbocycles. The first kappa shape index (κ1) is 18.3. The first-order valence-electron chi connectivity index (χ1n) is 7.16. The lowest BCUT2D eigenvalue weighted by atomic mass is 10.3. The average molecular weight is 328 g/mol. The first-order chi connectivity index (χ1) is 10.5. The van der Waals surface area contributed by atoms with Gasteiger partial charge >= 0.3 is 11.8 Å². The Bertz CT molecular complexity index is 519. The molecule has 1 rings (SSSR count). The van der Waals surface area contributed by atoms with E-state index in [0.717, 1.165) is 13.1 Å². The molecule has 0 unspecified atom stereocenters. The Kier molecular flexibility index (Phi) is 7.70. The number of ether oxygens (including phenoxy) is 1. The maximum atomic E-state index is 11.9. The molecule has 0 saturated heterocycles. The largest absolute Gasteiger partial charge is 0.495 e. The number of rotatable bonds is 7. The third-order valence-electron chi connectivity index (χ3n) is 3.22. The molecule has 0 fully saturated rings. The summed E-state index contributed by atoms with van der Waals surface area (Å²) in [6.45, 7) is 7.01. The number of anilines is 1. The molecule has 0 aliphatic heterocycles. The molecule has 2 N–H and O–H groups in total. The molecule has 0 spiro atoms. The van der Waals surface area contributed by atoms with E-state index in [1.54, 1.807) is 12.1 Å². The van der Waals surface area contributed by atoms with Crippen LogP contribution in [0.15, 0.2) is 18.2 Å². The molecule has 0 atom stereocenters. The van der Waals surface area contributed by atoms with Gasteiger partial charge in [0, 0.05) is 18.1 Å². The van der Waals surface area contributed by atoms with Crippen molar-refractivity contribution in [2.75, 3.05) is 38.6 Å². The lowest BCUT2D eigenvalue weighted by molar-refractivity contribution is -0.136. The minimum absolute atomic E-state index is 0.360. The van der Waals surface area contributed by atoms with Gasteiger partial charge in [-0.25, -0.2) is 0 Å². The Hall–Kier alpha value is -1.79. The summed E-state index contributed by atoms with van der Waals surface area (Å²) in [7, 11) is 1.48. The van der Waals surface area contributed by atoms with Crippen LogP contribution >= 0.6 is 11.6 Å².